The Kier molecular flexibility index (Phi) is 11.8. The summed E-state index contributed by atoms with van der Waals surface area (Å²) in [5.74, 6) is -1.52. The number of alkyl halides is 3. The number of fused-ring (bicyclic) bond motifs is 1. The first-order chi connectivity index (χ1) is 18.7. The van der Waals surface area contributed by atoms with Gasteiger partial charge in [-0.25, -0.2) is 9.78 Å². The van der Waals surface area contributed by atoms with Crippen molar-refractivity contribution >= 4 is 34.6 Å². The Balaban J connectivity index is 0.000000224. The molecular weight excluding hydrogens is 553 g/mol. The SMILES string of the molecule is CCCCCCCCCCNCc1cccs1.O=C(O)c1nc2c(C(F)(F)F)cc(-c3cnoc3)cn2c1Cl. The minimum absolute atomic E-state index is 0.109. The van der Waals surface area contributed by atoms with Gasteiger partial charge in [0.15, 0.2) is 11.3 Å². The zero-order valence-electron chi connectivity index (χ0n) is 21.6. The highest BCUT2D eigenvalue weighted by Crippen LogP contribution is 2.36. The molecule has 0 spiro atoms. The molecule has 0 aliphatic heterocycles. The van der Waals surface area contributed by atoms with Crippen LogP contribution >= 0.6 is 22.9 Å². The normalized spacial score (nSPS) is 11.5. The first kappa shape index (κ1) is 30.6. The summed E-state index contributed by atoms with van der Waals surface area (Å²) in [6, 6.07) is 5.15. The lowest BCUT2D eigenvalue weighted by Gasteiger charge is -2.10. The van der Waals surface area contributed by atoms with Crippen molar-refractivity contribution in [3.63, 3.8) is 0 Å². The fourth-order valence-corrected chi connectivity index (χ4v) is 4.90. The Labute approximate surface area is 234 Å². The minimum Gasteiger partial charge on any atom is -0.476 e. The van der Waals surface area contributed by atoms with Gasteiger partial charge < -0.3 is 14.9 Å². The van der Waals surface area contributed by atoms with Crippen molar-refractivity contribution in [2.24, 2.45) is 0 Å². The van der Waals surface area contributed by atoms with Crippen LogP contribution in [0.4, 0.5) is 13.2 Å². The van der Waals surface area contributed by atoms with Gasteiger partial charge in [0.1, 0.15) is 11.4 Å². The quantitative estimate of drug-likeness (QED) is 0.153. The van der Waals surface area contributed by atoms with Gasteiger partial charge in [-0.1, -0.05) is 74.7 Å². The molecule has 39 heavy (non-hydrogen) atoms. The minimum atomic E-state index is -4.74. The van der Waals surface area contributed by atoms with E-state index in [1.54, 1.807) is 0 Å². The van der Waals surface area contributed by atoms with Gasteiger partial charge in [0.2, 0.25) is 0 Å². The predicted molar refractivity (Wildman–Crippen MR) is 146 cm³/mol. The van der Waals surface area contributed by atoms with Crippen LogP contribution in [0.15, 0.2) is 46.8 Å². The van der Waals surface area contributed by atoms with Crippen LogP contribution in [0.2, 0.25) is 5.15 Å². The number of thiophene rings is 1. The van der Waals surface area contributed by atoms with Gasteiger partial charge >= 0.3 is 12.1 Å². The summed E-state index contributed by atoms with van der Waals surface area (Å²) >= 11 is 7.66. The number of pyridine rings is 1. The molecule has 0 saturated carbocycles. The maximum absolute atomic E-state index is 13.2. The van der Waals surface area contributed by atoms with Crippen LogP contribution in [-0.2, 0) is 12.7 Å². The van der Waals surface area contributed by atoms with Crippen molar-refractivity contribution < 1.29 is 27.6 Å². The number of unbranched alkanes of at least 4 members (excludes halogenated alkanes) is 7. The van der Waals surface area contributed by atoms with Crippen LogP contribution in [0.3, 0.4) is 0 Å². The molecule has 212 valence electrons. The average molecular weight is 585 g/mol. The molecule has 0 bridgehead atoms. The van der Waals surface area contributed by atoms with Gasteiger partial charge in [-0.05, 0) is 30.5 Å². The Morgan fingerprint density at radius 2 is 1.87 bits per heavy atom. The number of nitrogens with one attached hydrogen (secondary N) is 1. The van der Waals surface area contributed by atoms with Crippen molar-refractivity contribution in [2.75, 3.05) is 6.54 Å². The van der Waals surface area contributed by atoms with E-state index in [4.69, 9.17) is 16.7 Å². The highest BCUT2D eigenvalue weighted by molar-refractivity contribution is 7.09. The number of carboxylic acids is 1. The molecule has 12 heteroatoms. The van der Waals surface area contributed by atoms with E-state index in [1.165, 1.54) is 75.2 Å². The van der Waals surface area contributed by atoms with Gasteiger partial charge in [-0.3, -0.25) is 4.40 Å². The van der Waals surface area contributed by atoms with Gasteiger partial charge in [-0.15, -0.1) is 11.3 Å². The van der Waals surface area contributed by atoms with Crippen LogP contribution in [0.1, 0.15) is 79.2 Å². The summed E-state index contributed by atoms with van der Waals surface area (Å²) in [5.41, 5.74) is -1.96. The maximum atomic E-state index is 13.2. The standard InChI is InChI=1S/C15H27NS.C12H5ClF3N3O3/c1-2-3-4-5-6-7-8-9-12-16-14-15-11-10-13-17-15;13-9-8(11(20)21)18-10-7(12(14,15)16)1-5(3-19(9)10)6-2-17-22-4-6/h10-11,13,16H,2-9,12,14H2,1H3;1-4H,(H,20,21). The van der Waals surface area contributed by atoms with Crippen molar-refractivity contribution in [2.45, 2.75) is 71.0 Å². The van der Waals surface area contributed by atoms with E-state index in [1.807, 2.05) is 11.3 Å². The molecule has 4 aromatic heterocycles. The molecule has 0 amide bonds. The third-order valence-electron chi connectivity index (χ3n) is 6.02. The van der Waals surface area contributed by atoms with Crippen molar-refractivity contribution in [1.82, 2.24) is 19.9 Å². The van der Waals surface area contributed by atoms with Crippen molar-refractivity contribution in [3.8, 4) is 11.1 Å². The Bertz CT molecular complexity index is 1290. The Morgan fingerprint density at radius 1 is 1.15 bits per heavy atom. The number of hydrogen-bond donors (Lipinski definition) is 2. The zero-order chi connectivity index (χ0) is 28.3. The van der Waals surface area contributed by atoms with Gasteiger partial charge in [0.25, 0.3) is 0 Å². The third kappa shape index (κ3) is 9.08. The van der Waals surface area contributed by atoms with E-state index in [9.17, 15) is 18.0 Å². The number of aromatic nitrogens is 3. The monoisotopic (exact) mass is 584 g/mol. The van der Waals surface area contributed by atoms with Crippen LogP contribution in [0.5, 0.6) is 0 Å². The summed E-state index contributed by atoms with van der Waals surface area (Å²) in [5, 5.41) is 17.6. The molecule has 0 atom stereocenters. The molecule has 0 unspecified atom stereocenters. The van der Waals surface area contributed by atoms with Crippen molar-refractivity contribution in [1.29, 1.82) is 0 Å². The molecule has 4 heterocycles. The summed E-state index contributed by atoms with van der Waals surface area (Å²) in [7, 11) is 0. The number of hydrogen-bond acceptors (Lipinski definition) is 6. The van der Waals surface area contributed by atoms with Crippen LogP contribution in [0.25, 0.3) is 16.8 Å². The first-order valence-electron chi connectivity index (χ1n) is 12.9. The van der Waals surface area contributed by atoms with Crippen LogP contribution in [-0.4, -0.2) is 32.2 Å². The largest absolute Gasteiger partial charge is 0.476 e. The first-order valence-corrected chi connectivity index (χ1v) is 14.1. The average Bonchev–Trinajstić information content (AvgIpc) is 3.67. The zero-order valence-corrected chi connectivity index (χ0v) is 23.2. The van der Waals surface area contributed by atoms with Gasteiger partial charge in [0.05, 0.1) is 11.8 Å². The third-order valence-corrected chi connectivity index (χ3v) is 7.26. The van der Waals surface area contributed by atoms with E-state index in [0.717, 1.165) is 23.3 Å². The smallest absolute Gasteiger partial charge is 0.420 e. The van der Waals surface area contributed by atoms with E-state index in [-0.39, 0.29) is 11.1 Å². The molecule has 4 aromatic rings. The van der Waals surface area contributed by atoms with E-state index >= 15 is 0 Å². The number of rotatable bonds is 13. The lowest BCUT2D eigenvalue weighted by Crippen LogP contribution is -2.13. The van der Waals surface area contributed by atoms with Gasteiger partial charge in [0, 0.05) is 28.7 Å². The second-order valence-electron chi connectivity index (χ2n) is 9.03. The Morgan fingerprint density at radius 3 is 2.46 bits per heavy atom. The van der Waals surface area contributed by atoms with Crippen LogP contribution in [0, 0.1) is 0 Å². The van der Waals surface area contributed by atoms with Gasteiger partial charge in [-0.2, -0.15) is 13.2 Å². The number of imidazole rings is 1. The second-order valence-corrected chi connectivity index (χ2v) is 10.4. The maximum Gasteiger partial charge on any atom is 0.420 e. The number of carbonyl (C=O) groups is 1. The van der Waals surface area contributed by atoms with E-state index < -0.39 is 34.2 Å². The molecular formula is C27H32ClF3N4O3S. The van der Waals surface area contributed by atoms with Crippen molar-refractivity contribution in [3.05, 3.63) is 63.5 Å². The molecule has 7 nitrogen and oxygen atoms in total. The molecule has 0 aliphatic rings. The molecule has 0 fully saturated rings. The second kappa shape index (κ2) is 15.0. The number of halogens is 4. The number of aromatic carboxylic acids is 1. The molecule has 0 saturated heterocycles. The predicted octanol–water partition coefficient (Wildman–Crippen LogP) is 8.34. The molecule has 0 aliphatic carbocycles. The summed E-state index contributed by atoms with van der Waals surface area (Å²) in [6.45, 7) is 4.50. The van der Waals surface area contributed by atoms with E-state index in [0.29, 0.717) is 0 Å². The Hall–Kier alpha value is -2.89. The van der Waals surface area contributed by atoms with E-state index in [2.05, 4.69) is 44.4 Å². The molecule has 0 aromatic carbocycles. The van der Waals surface area contributed by atoms with Crippen LogP contribution < -0.4 is 5.32 Å². The molecule has 4 rings (SSSR count). The summed E-state index contributed by atoms with van der Waals surface area (Å²) in [6.07, 6.45) is 10.1. The highest BCUT2D eigenvalue weighted by Gasteiger charge is 2.36. The summed E-state index contributed by atoms with van der Waals surface area (Å²) < 4.78 is 45.1. The number of carboxylic acid groups (broad SMARTS) is 1. The molecule has 0 radical (unpaired) electrons. The highest BCUT2D eigenvalue weighted by atomic mass is 35.5. The molecule has 2 N–H and O–H groups in total. The topological polar surface area (TPSA) is 92.7 Å². The lowest BCUT2D eigenvalue weighted by molar-refractivity contribution is -0.136. The fourth-order valence-electron chi connectivity index (χ4n) is 3.98. The fraction of sp³-hybridized carbons (Fsp3) is 0.444. The summed E-state index contributed by atoms with van der Waals surface area (Å²) in [4.78, 5) is 15.9. The number of nitrogens with zero attached hydrogens (tertiary/aromatic N) is 3. The lowest BCUT2D eigenvalue weighted by atomic mass is 10.1.